The molecular weight excluding hydrogens is 338 g/mol. The first kappa shape index (κ1) is 17.3. The highest BCUT2D eigenvalue weighted by Gasteiger charge is 2.15. The number of aromatic amines is 1. The van der Waals surface area contributed by atoms with Gasteiger partial charge in [-0.2, -0.15) is 15.4 Å². The highest BCUT2D eigenvalue weighted by Crippen LogP contribution is 2.09. The number of H-pyrrole nitrogens is 1. The van der Waals surface area contributed by atoms with E-state index in [9.17, 15) is 8.42 Å². The van der Waals surface area contributed by atoms with E-state index in [1.807, 2.05) is 30.3 Å². The molecule has 0 aliphatic heterocycles. The number of sulfonamides is 1. The zero-order valence-electron chi connectivity index (χ0n) is 13.5. The van der Waals surface area contributed by atoms with Gasteiger partial charge in [-0.15, -0.1) is 0 Å². The zero-order valence-corrected chi connectivity index (χ0v) is 14.3. The van der Waals surface area contributed by atoms with E-state index in [1.165, 1.54) is 0 Å². The fraction of sp³-hybridized carbons (Fsp3) is 0.176. The minimum atomic E-state index is -3.57. The van der Waals surface area contributed by atoms with Crippen molar-refractivity contribution in [1.29, 1.82) is 0 Å². The number of rotatable bonds is 8. The Bertz CT molecular complexity index is 895. The van der Waals surface area contributed by atoms with Crippen molar-refractivity contribution in [2.24, 2.45) is 0 Å². The maximum Gasteiger partial charge on any atom is 0.240 e. The Morgan fingerprint density at radius 2 is 1.40 bits per heavy atom. The van der Waals surface area contributed by atoms with Crippen LogP contribution in [0.15, 0.2) is 65.6 Å². The third-order valence-electron chi connectivity index (χ3n) is 3.65. The van der Waals surface area contributed by atoms with Gasteiger partial charge in [0.15, 0.2) is 0 Å². The van der Waals surface area contributed by atoms with E-state index in [0.717, 1.165) is 5.56 Å². The molecule has 0 aliphatic carbocycles. The summed E-state index contributed by atoms with van der Waals surface area (Å²) in [7, 11) is -3.57. The molecule has 0 radical (unpaired) electrons. The Morgan fingerprint density at radius 1 is 0.800 bits per heavy atom. The molecule has 8 heteroatoms. The molecule has 0 aliphatic rings. The van der Waals surface area contributed by atoms with Gasteiger partial charge in [-0.25, -0.2) is 13.1 Å². The second kappa shape index (κ2) is 8.02. The van der Waals surface area contributed by atoms with Crippen LogP contribution in [0.4, 0.5) is 0 Å². The van der Waals surface area contributed by atoms with Crippen LogP contribution < -0.4 is 10.0 Å². The molecule has 0 saturated heterocycles. The van der Waals surface area contributed by atoms with E-state index in [0.29, 0.717) is 24.5 Å². The van der Waals surface area contributed by atoms with Crippen LogP contribution in [-0.4, -0.2) is 23.8 Å². The number of hydrogen-bond donors (Lipinski definition) is 3. The Labute approximate surface area is 146 Å². The highest BCUT2D eigenvalue weighted by molar-refractivity contribution is 7.89. The lowest BCUT2D eigenvalue weighted by Gasteiger charge is -2.07. The number of benzene rings is 2. The van der Waals surface area contributed by atoms with Crippen molar-refractivity contribution in [3.05, 3.63) is 77.6 Å². The van der Waals surface area contributed by atoms with Crippen molar-refractivity contribution in [1.82, 2.24) is 25.4 Å². The number of hydrogen-bond acceptors (Lipinski definition) is 5. The largest absolute Gasteiger partial charge is 0.307 e. The Morgan fingerprint density at radius 3 is 2.08 bits per heavy atom. The van der Waals surface area contributed by atoms with Crippen LogP contribution in [-0.2, 0) is 29.7 Å². The molecule has 3 aromatic rings. The molecule has 25 heavy (non-hydrogen) atoms. The van der Waals surface area contributed by atoms with Crippen molar-refractivity contribution in [3.63, 3.8) is 0 Å². The summed E-state index contributed by atoms with van der Waals surface area (Å²) in [5.41, 5.74) is 2.42. The maximum absolute atomic E-state index is 12.3. The lowest BCUT2D eigenvalue weighted by Crippen LogP contribution is -2.24. The van der Waals surface area contributed by atoms with Gasteiger partial charge in [-0.05, 0) is 17.7 Å². The first-order valence-electron chi connectivity index (χ1n) is 7.83. The van der Waals surface area contributed by atoms with Gasteiger partial charge in [-0.3, -0.25) is 0 Å². The van der Waals surface area contributed by atoms with Gasteiger partial charge in [0.25, 0.3) is 0 Å². The molecule has 130 valence electrons. The van der Waals surface area contributed by atoms with Crippen molar-refractivity contribution in [2.45, 2.75) is 24.5 Å². The molecule has 0 saturated carbocycles. The van der Waals surface area contributed by atoms with Crippen LogP contribution >= 0.6 is 0 Å². The summed E-state index contributed by atoms with van der Waals surface area (Å²) in [5.74, 6) is 0. The predicted molar refractivity (Wildman–Crippen MR) is 93.8 cm³/mol. The number of nitrogens with one attached hydrogen (secondary N) is 3. The standard InChI is InChI=1S/C17H19N5O2S/c23-25(24,15-9-5-2-6-10-15)19-13-17-16(20-22-21-17)12-18-11-14-7-3-1-4-8-14/h1-10,18-19H,11-13H2,(H,20,21,22). The zero-order chi connectivity index (χ0) is 17.5. The Kier molecular flexibility index (Phi) is 5.54. The van der Waals surface area contributed by atoms with Gasteiger partial charge >= 0.3 is 0 Å². The van der Waals surface area contributed by atoms with Crippen LogP contribution in [0.5, 0.6) is 0 Å². The molecule has 7 nitrogen and oxygen atoms in total. The summed E-state index contributed by atoms with van der Waals surface area (Å²) in [5, 5.41) is 13.9. The average Bonchev–Trinajstić information content (AvgIpc) is 3.09. The summed E-state index contributed by atoms with van der Waals surface area (Å²) in [6.07, 6.45) is 0. The fourth-order valence-corrected chi connectivity index (χ4v) is 3.33. The molecule has 2 aromatic carbocycles. The first-order valence-corrected chi connectivity index (χ1v) is 9.31. The molecule has 3 N–H and O–H groups in total. The van der Waals surface area contributed by atoms with Gasteiger partial charge in [0, 0.05) is 13.1 Å². The Hall–Kier alpha value is -2.55. The molecule has 0 bridgehead atoms. The van der Waals surface area contributed by atoms with Crippen LogP contribution in [0.25, 0.3) is 0 Å². The predicted octanol–water partition coefficient (Wildman–Crippen LogP) is 1.57. The lowest BCUT2D eigenvalue weighted by atomic mass is 10.2. The van der Waals surface area contributed by atoms with Gasteiger partial charge in [0.05, 0.1) is 11.4 Å². The van der Waals surface area contributed by atoms with Gasteiger partial charge in [0.2, 0.25) is 10.0 Å². The van der Waals surface area contributed by atoms with E-state index >= 15 is 0 Å². The van der Waals surface area contributed by atoms with Crippen molar-refractivity contribution in [2.75, 3.05) is 0 Å². The van der Waals surface area contributed by atoms with Crippen LogP contribution in [0.3, 0.4) is 0 Å². The van der Waals surface area contributed by atoms with Crippen LogP contribution in [0.2, 0.25) is 0 Å². The molecular formula is C17H19N5O2S. The molecule has 0 spiro atoms. The lowest BCUT2D eigenvalue weighted by molar-refractivity contribution is 0.579. The maximum atomic E-state index is 12.3. The van der Waals surface area contributed by atoms with Crippen molar-refractivity contribution >= 4 is 10.0 Å². The summed E-state index contributed by atoms with van der Waals surface area (Å²) in [6.45, 7) is 1.27. The van der Waals surface area contributed by atoms with Gasteiger partial charge < -0.3 is 5.32 Å². The summed E-state index contributed by atoms with van der Waals surface area (Å²) < 4.78 is 27.1. The monoisotopic (exact) mass is 357 g/mol. The normalized spacial score (nSPS) is 11.5. The summed E-state index contributed by atoms with van der Waals surface area (Å²) in [6, 6.07) is 18.2. The second-order valence-corrected chi connectivity index (χ2v) is 7.21. The number of nitrogens with zero attached hydrogens (tertiary/aromatic N) is 2. The second-order valence-electron chi connectivity index (χ2n) is 5.44. The minimum absolute atomic E-state index is 0.0794. The minimum Gasteiger partial charge on any atom is -0.307 e. The SMILES string of the molecule is O=S(=O)(NCc1n[nH]nc1CNCc1ccccc1)c1ccccc1. The Balaban J connectivity index is 1.57. The highest BCUT2D eigenvalue weighted by atomic mass is 32.2. The van der Waals surface area contributed by atoms with Crippen molar-refractivity contribution < 1.29 is 8.42 Å². The smallest absolute Gasteiger partial charge is 0.240 e. The first-order chi connectivity index (χ1) is 12.1. The topological polar surface area (TPSA) is 99.8 Å². The van der Waals surface area contributed by atoms with E-state index < -0.39 is 10.0 Å². The third kappa shape index (κ3) is 4.72. The molecule has 1 aromatic heterocycles. The van der Waals surface area contributed by atoms with E-state index in [4.69, 9.17) is 0 Å². The van der Waals surface area contributed by atoms with Gasteiger partial charge in [-0.1, -0.05) is 48.5 Å². The van der Waals surface area contributed by atoms with E-state index in [-0.39, 0.29) is 11.4 Å². The third-order valence-corrected chi connectivity index (χ3v) is 5.07. The molecule has 0 amide bonds. The van der Waals surface area contributed by atoms with Crippen LogP contribution in [0.1, 0.15) is 17.0 Å². The fourth-order valence-electron chi connectivity index (χ4n) is 2.33. The molecule has 3 rings (SSSR count). The number of aromatic nitrogens is 3. The molecule has 0 atom stereocenters. The average molecular weight is 357 g/mol. The van der Waals surface area contributed by atoms with E-state index in [2.05, 4.69) is 25.4 Å². The molecule has 0 fully saturated rings. The van der Waals surface area contributed by atoms with E-state index in [1.54, 1.807) is 30.3 Å². The molecule has 1 heterocycles. The summed E-state index contributed by atoms with van der Waals surface area (Å²) in [4.78, 5) is 0.224. The summed E-state index contributed by atoms with van der Waals surface area (Å²) >= 11 is 0. The van der Waals surface area contributed by atoms with Crippen molar-refractivity contribution in [3.8, 4) is 0 Å². The van der Waals surface area contributed by atoms with Gasteiger partial charge in [0.1, 0.15) is 11.4 Å². The van der Waals surface area contributed by atoms with Crippen LogP contribution in [0, 0.1) is 0 Å². The molecule has 0 unspecified atom stereocenters. The quantitative estimate of drug-likeness (QED) is 0.568.